The number of hydrogen-bond acceptors (Lipinski definition) is 3. The number of aromatic nitrogens is 1. The minimum absolute atomic E-state index is 0.261. The third-order valence-electron chi connectivity index (χ3n) is 4.78. The maximum Gasteiger partial charge on any atom is 0.116 e. The highest BCUT2D eigenvalue weighted by Gasteiger charge is 2.37. The Morgan fingerprint density at radius 1 is 1.36 bits per heavy atom. The van der Waals surface area contributed by atoms with E-state index in [1.165, 1.54) is 22.2 Å². The van der Waals surface area contributed by atoms with E-state index in [-0.39, 0.29) is 5.60 Å². The van der Waals surface area contributed by atoms with E-state index in [0.717, 1.165) is 32.5 Å². The Morgan fingerprint density at radius 2 is 2.14 bits per heavy atom. The molecule has 4 nitrogen and oxygen atoms in total. The predicted molar refractivity (Wildman–Crippen MR) is 89.5 cm³/mol. The van der Waals surface area contributed by atoms with Gasteiger partial charge in [-0.2, -0.15) is 0 Å². The molecule has 120 valence electrons. The standard InChI is InChI=1S/C18H26N2O2/c1-5-20-16-7-6-13(21)12-15(16)14-8-11-22-18(2,17(14)20)9-10-19(3)4/h6-7,12,21H,5,8-11H2,1-4H3. The zero-order valence-corrected chi connectivity index (χ0v) is 14.0. The van der Waals surface area contributed by atoms with Gasteiger partial charge < -0.3 is 19.3 Å². The van der Waals surface area contributed by atoms with Gasteiger partial charge in [-0.25, -0.2) is 0 Å². The molecule has 0 fully saturated rings. The van der Waals surface area contributed by atoms with E-state index in [1.54, 1.807) is 6.07 Å². The van der Waals surface area contributed by atoms with Gasteiger partial charge in [-0.15, -0.1) is 0 Å². The molecule has 1 aromatic heterocycles. The van der Waals surface area contributed by atoms with Crippen LogP contribution in [-0.4, -0.2) is 41.8 Å². The topological polar surface area (TPSA) is 37.6 Å². The van der Waals surface area contributed by atoms with E-state index < -0.39 is 0 Å². The molecule has 0 aliphatic carbocycles. The molecule has 0 bridgehead atoms. The van der Waals surface area contributed by atoms with Gasteiger partial charge in [0.15, 0.2) is 0 Å². The summed E-state index contributed by atoms with van der Waals surface area (Å²) in [4.78, 5) is 2.20. The number of benzene rings is 1. The highest BCUT2D eigenvalue weighted by Crippen LogP contribution is 2.42. The lowest BCUT2D eigenvalue weighted by molar-refractivity contribution is -0.0604. The second-order valence-electron chi connectivity index (χ2n) is 6.66. The number of nitrogens with zero attached hydrogens (tertiary/aromatic N) is 2. The SMILES string of the molecule is CCn1c2c(c3cc(O)ccc31)CCOC2(C)CCN(C)C. The molecule has 22 heavy (non-hydrogen) atoms. The van der Waals surface area contributed by atoms with Gasteiger partial charge in [-0.1, -0.05) is 0 Å². The molecule has 1 aromatic carbocycles. The van der Waals surface area contributed by atoms with Crippen molar-refractivity contribution in [1.29, 1.82) is 0 Å². The summed E-state index contributed by atoms with van der Waals surface area (Å²) in [5.74, 6) is 0.338. The fraction of sp³-hybridized carbons (Fsp3) is 0.556. The van der Waals surface area contributed by atoms with Gasteiger partial charge >= 0.3 is 0 Å². The number of aromatic hydroxyl groups is 1. The van der Waals surface area contributed by atoms with Crippen molar-refractivity contribution in [1.82, 2.24) is 9.47 Å². The average molecular weight is 302 g/mol. The number of aryl methyl sites for hydroxylation is 1. The highest BCUT2D eigenvalue weighted by molar-refractivity contribution is 5.87. The number of ether oxygens (including phenoxy) is 1. The molecule has 0 saturated heterocycles. The van der Waals surface area contributed by atoms with Crippen LogP contribution < -0.4 is 0 Å². The summed E-state index contributed by atoms with van der Waals surface area (Å²) in [6.45, 7) is 7.03. The minimum atomic E-state index is -0.261. The van der Waals surface area contributed by atoms with Crippen LogP contribution in [0.4, 0.5) is 0 Å². The van der Waals surface area contributed by atoms with Gasteiger partial charge in [0, 0.05) is 24.0 Å². The lowest BCUT2D eigenvalue weighted by Gasteiger charge is -2.36. The summed E-state index contributed by atoms with van der Waals surface area (Å²) < 4.78 is 8.59. The Balaban J connectivity index is 2.18. The average Bonchev–Trinajstić information content (AvgIpc) is 2.80. The molecule has 4 heteroatoms. The van der Waals surface area contributed by atoms with E-state index in [2.05, 4.69) is 37.4 Å². The summed E-state index contributed by atoms with van der Waals surface area (Å²) in [6.07, 6.45) is 1.88. The van der Waals surface area contributed by atoms with Crippen LogP contribution >= 0.6 is 0 Å². The van der Waals surface area contributed by atoms with Gasteiger partial charge in [0.05, 0.1) is 12.3 Å². The van der Waals surface area contributed by atoms with E-state index >= 15 is 0 Å². The summed E-state index contributed by atoms with van der Waals surface area (Å²) >= 11 is 0. The van der Waals surface area contributed by atoms with Crippen LogP contribution in [0.1, 0.15) is 31.5 Å². The molecule has 1 aliphatic rings. The van der Waals surface area contributed by atoms with Gasteiger partial charge in [0.2, 0.25) is 0 Å². The van der Waals surface area contributed by atoms with Crippen LogP contribution in [0.5, 0.6) is 5.75 Å². The van der Waals surface area contributed by atoms with Crippen molar-refractivity contribution in [2.45, 2.75) is 38.8 Å². The fourth-order valence-corrected chi connectivity index (χ4v) is 3.67. The van der Waals surface area contributed by atoms with Gasteiger partial charge in [-0.3, -0.25) is 0 Å². The third-order valence-corrected chi connectivity index (χ3v) is 4.78. The number of hydrogen-bond donors (Lipinski definition) is 1. The van der Waals surface area contributed by atoms with Gasteiger partial charge in [0.25, 0.3) is 0 Å². The number of fused-ring (bicyclic) bond motifs is 3. The Morgan fingerprint density at radius 3 is 2.82 bits per heavy atom. The Labute approximate surface area is 132 Å². The Bertz CT molecular complexity index is 690. The van der Waals surface area contributed by atoms with Crippen molar-refractivity contribution in [3.8, 4) is 5.75 Å². The largest absolute Gasteiger partial charge is 0.508 e. The van der Waals surface area contributed by atoms with Crippen molar-refractivity contribution >= 4 is 10.9 Å². The van der Waals surface area contributed by atoms with Gasteiger partial charge in [-0.05, 0) is 64.5 Å². The summed E-state index contributed by atoms with van der Waals surface area (Å²) in [5, 5.41) is 11.0. The number of rotatable bonds is 4. The van der Waals surface area contributed by atoms with Crippen LogP contribution in [0.3, 0.4) is 0 Å². The maximum absolute atomic E-state index is 9.87. The Kier molecular flexibility index (Phi) is 3.91. The molecule has 3 rings (SSSR count). The molecule has 0 saturated carbocycles. The monoisotopic (exact) mass is 302 g/mol. The molecule has 0 spiro atoms. The van der Waals surface area contributed by atoms with Crippen molar-refractivity contribution in [3.63, 3.8) is 0 Å². The van der Waals surface area contributed by atoms with Crippen LogP contribution in [-0.2, 0) is 23.3 Å². The van der Waals surface area contributed by atoms with E-state index in [9.17, 15) is 5.11 Å². The summed E-state index contributed by atoms with van der Waals surface area (Å²) in [6, 6.07) is 5.70. The third kappa shape index (κ3) is 2.40. The first-order valence-electron chi connectivity index (χ1n) is 8.09. The quantitative estimate of drug-likeness (QED) is 0.943. The maximum atomic E-state index is 9.87. The highest BCUT2D eigenvalue weighted by atomic mass is 16.5. The first-order valence-corrected chi connectivity index (χ1v) is 8.09. The molecular weight excluding hydrogens is 276 g/mol. The van der Waals surface area contributed by atoms with Crippen molar-refractivity contribution in [2.24, 2.45) is 0 Å². The second-order valence-corrected chi connectivity index (χ2v) is 6.66. The molecule has 0 radical (unpaired) electrons. The Hall–Kier alpha value is -1.52. The first kappa shape index (κ1) is 15.4. The number of phenolic OH excluding ortho intramolecular Hbond substituents is 1. The van der Waals surface area contributed by atoms with Crippen molar-refractivity contribution in [3.05, 3.63) is 29.5 Å². The number of phenols is 1. The molecule has 1 aliphatic heterocycles. The molecule has 1 N–H and O–H groups in total. The van der Waals surface area contributed by atoms with E-state index in [4.69, 9.17) is 4.74 Å². The molecule has 1 unspecified atom stereocenters. The van der Waals surface area contributed by atoms with E-state index in [1.807, 2.05) is 12.1 Å². The van der Waals surface area contributed by atoms with Crippen molar-refractivity contribution in [2.75, 3.05) is 27.2 Å². The molecule has 2 aromatic rings. The second kappa shape index (κ2) is 5.60. The molecule has 1 atom stereocenters. The molecule has 2 heterocycles. The molecular formula is C18H26N2O2. The fourth-order valence-electron chi connectivity index (χ4n) is 3.67. The van der Waals surface area contributed by atoms with Crippen LogP contribution in [0, 0.1) is 0 Å². The molecule has 0 amide bonds. The zero-order chi connectivity index (χ0) is 15.9. The summed E-state index contributed by atoms with van der Waals surface area (Å²) in [5.41, 5.74) is 3.58. The predicted octanol–water partition coefficient (Wildman–Crippen LogP) is 3.11. The zero-order valence-electron chi connectivity index (χ0n) is 14.0. The van der Waals surface area contributed by atoms with E-state index in [0.29, 0.717) is 5.75 Å². The van der Waals surface area contributed by atoms with Crippen LogP contribution in [0.25, 0.3) is 10.9 Å². The van der Waals surface area contributed by atoms with Gasteiger partial charge in [0.1, 0.15) is 11.4 Å². The van der Waals surface area contributed by atoms with Crippen LogP contribution in [0.2, 0.25) is 0 Å². The lowest BCUT2D eigenvalue weighted by Crippen LogP contribution is -2.37. The lowest BCUT2D eigenvalue weighted by atomic mass is 9.89. The minimum Gasteiger partial charge on any atom is -0.508 e. The van der Waals surface area contributed by atoms with Crippen LogP contribution in [0.15, 0.2) is 18.2 Å². The smallest absolute Gasteiger partial charge is 0.116 e. The normalized spacial score (nSPS) is 21.5. The van der Waals surface area contributed by atoms with Crippen molar-refractivity contribution < 1.29 is 9.84 Å². The summed E-state index contributed by atoms with van der Waals surface area (Å²) in [7, 11) is 4.20. The first-order chi connectivity index (χ1) is 10.5.